The van der Waals surface area contributed by atoms with Crippen molar-refractivity contribution in [3.63, 3.8) is 0 Å². The lowest BCUT2D eigenvalue weighted by molar-refractivity contribution is -0.137. The van der Waals surface area contributed by atoms with E-state index in [0.717, 1.165) is 22.6 Å². The molecule has 2 aromatic rings. The summed E-state index contributed by atoms with van der Waals surface area (Å²) >= 11 is 0. The van der Waals surface area contributed by atoms with Crippen molar-refractivity contribution in [1.29, 1.82) is 0 Å². The number of hydrogen-bond acceptors (Lipinski definition) is 5. The molecule has 0 saturated heterocycles. The Balaban J connectivity index is 2.11. The van der Waals surface area contributed by atoms with E-state index in [2.05, 4.69) is 15.7 Å². The maximum Gasteiger partial charge on any atom is 0.332 e. The number of rotatable bonds is 11. The number of amides is 4. The molecule has 10 heteroatoms. The van der Waals surface area contributed by atoms with E-state index in [1.54, 1.807) is 0 Å². The van der Waals surface area contributed by atoms with Crippen LogP contribution in [0.5, 0.6) is 0 Å². The number of hydrogen-bond donors (Lipinski definition) is 5. The zero-order chi connectivity index (χ0) is 24.4. The van der Waals surface area contributed by atoms with Crippen LogP contribution in [-0.2, 0) is 20.8 Å². The summed E-state index contributed by atoms with van der Waals surface area (Å²) in [6.45, 7) is 3.81. The molecule has 0 aliphatic heterocycles. The van der Waals surface area contributed by atoms with Gasteiger partial charge in [-0.2, -0.15) is 5.10 Å². The van der Waals surface area contributed by atoms with Crippen molar-refractivity contribution in [3.05, 3.63) is 48.0 Å². The Kier molecular flexibility index (Phi) is 9.34. The summed E-state index contributed by atoms with van der Waals surface area (Å²) in [4.78, 5) is 47.5. The zero-order valence-electron chi connectivity index (χ0n) is 18.6. The highest BCUT2D eigenvalue weighted by Gasteiger charge is 2.25. The molecule has 176 valence electrons. The van der Waals surface area contributed by atoms with E-state index in [1.807, 2.05) is 61.7 Å². The minimum Gasteiger partial charge on any atom is -0.481 e. The molecule has 0 bridgehead atoms. The Morgan fingerprint density at radius 3 is 2.42 bits per heavy atom. The van der Waals surface area contributed by atoms with Gasteiger partial charge in [0.25, 0.3) is 0 Å². The van der Waals surface area contributed by atoms with E-state index < -0.39 is 36.4 Å². The minimum atomic E-state index is -1.17. The van der Waals surface area contributed by atoms with Crippen molar-refractivity contribution >= 4 is 40.8 Å². The first kappa shape index (κ1) is 25.3. The number of nitrogens with two attached hydrogens (primary N) is 1. The summed E-state index contributed by atoms with van der Waals surface area (Å²) in [7, 11) is 0. The van der Waals surface area contributed by atoms with E-state index in [9.17, 15) is 19.2 Å². The molecule has 0 heterocycles. The SMILES string of the molecule is CC(C)C[C@H](NC(=O)Cc1cccc2ccccc12)C(=O)N[C@H](C=NNC(N)=O)CC(=O)O. The first-order chi connectivity index (χ1) is 15.7. The van der Waals surface area contributed by atoms with E-state index >= 15 is 0 Å². The molecule has 6 N–H and O–H groups in total. The van der Waals surface area contributed by atoms with Crippen LogP contribution in [0.1, 0.15) is 32.3 Å². The van der Waals surface area contributed by atoms with Crippen LogP contribution < -0.4 is 21.8 Å². The number of aliphatic carboxylic acids is 1. The smallest absolute Gasteiger partial charge is 0.332 e. The molecule has 2 aromatic carbocycles. The molecular formula is C23H29N5O5. The standard InChI is InChI=1S/C23H29N5O5/c1-14(2)10-19(22(32)26-17(12-21(30)31)13-25-28-23(24)33)27-20(29)11-16-8-5-7-15-6-3-4-9-18(15)16/h3-9,13-14,17,19H,10-12H2,1-2H3,(H,26,32)(H,27,29)(H,30,31)(H3,24,28,33)/t17-,19-/m0/s1. The summed E-state index contributed by atoms with van der Waals surface area (Å²) in [5, 5.41) is 19.9. The Morgan fingerprint density at radius 2 is 1.76 bits per heavy atom. The van der Waals surface area contributed by atoms with E-state index in [1.165, 1.54) is 0 Å². The van der Waals surface area contributed by atoms with Gasteiger partial charge in [0.15, 0.2) is 0 Å². The number of urea groups is 1. The van der Waals surface area contributed by atoms with Crippen molar-refractivity contribution in [2.24, 2.45) is 16.8 Å². The summed E-state index contributed by atoms with van der Waals surface area (Å²) in [5.74, 6) is -1.97. The molecule has 0 spiro atoms. The maximum atomic E-state index is 12.9. The fourth-order valence-corrected chi connectivity index (χ4v) is 3.37. The lowest BCUT2D eigenvalue weighted by atomic mass is 10.00. The van der Waals surface area contributed by atoms with Crippen molar-refractivity contribution in [2.45, 2.75) is 45.2 Å². The number of carbonyl (C=O) groups excluding carboxylic acids is 3. The summed E-state index contributed by atoms with van der Waals surface area (Å²) in [5.41, 5.74) is 7.71. The largest absolute Gasteiger partial charge is 0.481 e. The fourth-order valence-electron chi connectivity index (χ4n) is 3.37. The lowest BCUT2D eigenvalue weighted by Gasteiger charge is -2.22. The Bertz CT molecular complexity index is 1030. The predicted molar refractivity (Wildman–Crippen MR) is 124 cm³/mol. The molecule has 10 nitrogen and oxygen atoms in total. The van der Waals surface area contributed by atoms with Gasteiger partial charge in [0.1, 0.15) is 6.04 Å². The van der Waals surface area contributed by atoms with Gasteiger partial charge in [0, 0.05) is 6.21 Å². The second-order valence-electron chi connectivity index (χ2n) is 8.03. The van der Waals surface area contributed by atoms with Crippen LogP contribution in [0.15, 0.2) is 47.6 Å². The number of nitrogens with zero attached hydrogens (tertiary/aromatic N) is 1. The second-order valence-corrected chi connectivity index (χ2v) is 8.03. The number of carbonyl (C=O) groups is 4. The molecular weight excluding hydrogens is 426 g/mol. The monoisotopic (exact) mass is 455 g/mol. The lowest BCUT2D eigenvalue weighted by Crippen LogP contribution is -2.51. The Hall–Kier alpha value is -3.95. The average Bonchev–Trinajstić information content (AvgIpc) is 2.72. The van der Waals surface area contributed by atoms with Crippen LogP contribution in [0.2, 0.25) is 0 Å². The third-order valence-corrected chi connectivity index (χ3v) is 4.74. The van der Waals surface area contributed by atoms with E-state index in [4.69, 9.17) is 10.8 Å². The Labute approximate surface area is 191 Å². The predicted octanol–water partition coefficient (Wildman–Crippen LogP) is 1.53. The molecule has 2 atom stereocenters. The van der Waals surface area contributed by atoms with Gasteiger partial charge in [-0.1, -0.05) is 56.3 Å². The molecule has 0 aliphatic carbocycles. The fraction of sp³-hybridized carbons (Fsp3) is 0.348. The number of nitrogens with one attached hydrogen (secondary N) is 3. The molecule has 4 amide bonds. The molecule has 0 aromatic heterocycles. The quantitative estimate of drug-likeness (QED) is 0.256. The third kappa shape index (κ3) is 8.60. The van der Waals surface area contributed by atoms with Crippen LogP contribution >= 0.6 is 0 Å². The molecule has 33 heavy (non-hydrogen) atoms. The number of carboxylic acid groups (broad SMARTS) is 1. The maximum absolute atomic E-state index is 12.9. The average molecular weight is 456 g/mol. The van der Waals surface area contributed by atoms with Crippen LogP contribution in [0, 0.1) is 5.92 Å². The number of fused-ring (bicyclic) bond motifs is 1. The molecule has 0 radical (unpaired) electrons. The highest BCUT2D eigenvalue weighted by Crippen LogP contribution is 2.19. The van der Waals surface area contributed by atoms with Gasteiger partial charge in [-0.25, -0.2) is 10.2 Å². The van der Waals surface area contributed by atoms with Crippen LogP contribution in [0.3, 0.4) is 0 Å². The van der Waals surface area contributed by atoms with Gasteiger partial charge < -0.3 is 21.5 Å². The van der Waals surface area contributed by atoms with Crippen molar-refractivity contribution in [3.8, 4) is 0 Å². The van der Waals surface area contributed by atoms with E-state index in [-0.39, 0.29) is 18.2 Å². The molecule has 0 fully saturated rings. The summed E-state index contributed by atoms with van der Waals surface area (Å²) in [6.07, 6.45) is 1.05. The number of hydrazone groups is 1. The van der Waals surface area contributed by atoms with Gasteiger partial charge in [-0.3, -0.25) is 14.4 Å². The number of carboxylic acids is 1. The molecule has 2 rings (SSSR count). The first-order valence-electron chi connectivity index (χ1n) is 10.5. The van der Waals surface area contributed by atoms with Gasteiger partial charge in [-0.15, -0.1) is 0 Å². The zero-order valence-corrected chi connectivity index (χ0v) is 18.6. The highest BCUT2D eigenvalue weighted by atomic mass is 16.4. The second kappa shape index (κ2) is 12.2. The number of benzene rings is 2. The van der Waals surface area contributed by atoms with Crippen LogP contribution in [0.25, 0.3) is 10.8 Å². The van der Waals surface area contributed by atoms with Gasteiger partial charge in [0.2, 0.25) is 11.8 Å². The van der Waals surface area contributed by atoms with Crippen molar-refractivity contribution in [2.75, 3.05) is 0 Å². The third-order valence-electron chi connectivity index (χ3n) is 4.74. The van der Waals surface area contributed by atoms with Crippen LogP contribution in [0.4, 0.5) is 4.79 Å². The van der Waals surface area contributed by atoms with Crippen LogP contribution in [-0.4, -0.2) is 47.2 Å². The van der Waals surface area contributed by atoms with Gasteiger partial charge >= 0.3 is 12.0 Å². The highest BCUT2D eigenvalue weighted by molar-refractivity contribution is 5.93. The van der Waals surface area contributed by atoms with Gasteiger partial charge in [0.05, 0.1) is 18.9 Å². The summed E-state index contributed by atoms with van der Waals surface area (Å²) in [6, 6.07) is 10.6. The number of primary amides is 1. The summed E-state index contributed by atoms with van der Waals surface area (Å²) < 4.78 is 0. The Morgan fingerprint density at radius 1 is 1.06 bits per heavy atom. The van der Waals surface area contributed by atoms with E-state index in [0.29, 0.717) is 6.42 Å². The topological polar surface area (TPSA) is 163 Å². The molecule has 0 aliphatic rings. The van der Waals surface area contributed by atoms with Gasteiger partial charge in [-0.05, 0) is 28.7 Å². The molecule has 0 saturated carbocycles. The minimum absolute atomic E-state index is 0.0849. The van der Waals surface area contributed by atoms with Crippen molar-refractivity contribution < 1.29 is 24.3 Å². The van der Waals surface area contributed by atoms with Crippen molar-refractivity contribution in [1.82, 2.24) is 16.1 Å². The first-order valence-corrected chi connectivity index (χ1v) is 10.5. The normalized spacial score (nSPS) is 12.9. The molecule has 0 unspecified atom stereocenters.